The molecule has 3 rings (SSSR count). The third-order valence-corrected chi connectivity index (χ3v) is 3.77. The predicted molar refractivity (Wildman–Crippen MR) is 78.9 cm³/mol. The van der Waals surface area contributed by atoms with Gasteiger partial charge in [-0.25, -0.2) is 0 Å². The maximum absolute atomic E-state index is 4.57. The van der Waals surface area contributed by atoms with Crippen molar-refractivity contribution in [3.05, 3.63) is 29.1 Å². The summed E-state index contributed by atoms with van der Waals surface area (Å²) in [6.07, 6.45) is 5.82. The average molecular weight is 248 g/mol. The molecule has 1 aromatic heterocycles. The lowest BCUT2D eigenvalue weighted by Crippen LogP contribution is -2.34. The highest BCUT2D eigenvalue weighted by molar-refractivity contribution is 5.32. The molecule has 2 aliphatic heterocycles. The zero-order valence-corrected chi connectivity index (χ0v) is 12.8. The van der Waals surface area contributed by atoms with E-state index in [1.165, 1.54) is 29.7 Å². The van der Waals surface area contributed by atoms with Crippen molar-refractivity contribution in [2.24, 2.45) is 0 Å². The van der Waals surface area contributed by atoms with Gasteiger partial charge in [-0.3, -0.25) is 9.88 Å². The van der Waals surface area contributed by atoms with E-state index in [4.69, 9.17) is 0 Å². The van der Waals surface area contributed by atoms with Gasteiger partial charge in [-0.15, -0.1) is 0 Å². The summed E-state index contributed by atoms with van der Waals surface area (Å²) in [5, 5.41) is 0. The molecule has 0 aromatic carbocycles. The Morgan fingerprint density at radius 3 is 2.50 bits per heavy atom. The molecule has 0 radical (unpaired) electrons. The standard InChI is InChI=1S/C12H16N2.2C2H6/c1-8-5-10-11(13-7-8)6-9-3-4-12(10)14(9)2;2*1-2/h5,7,9,12H,3-4,6H2,1-2H3;2*1-2H3. The molecule has 2 atom stereocenters. The zero-order chi connectivity index (χ0) is 13.7. The summed E-state index contributed by atoms with van der Waals surface area (Å²) in [7, 11) is 2.26. The van der Waals surface area contributed by atoms with Crippen molar-refractivity contribution in [1.82, 2.24) is 9.88 Å². The molecule has 18 heavy (non-hydrogen) atoms. The fraction of sp³-hybridized carbons (Fsp3) is 0.688. The lowest BCUT2D eigenvalue weighted by atomic mass is 9.97. The molecule has 2 aliphatic rings. The maximum Gasteiger partial charge on any atom is 0.0467 e. The number of pyridine rings is 1. The highest BCUT2D eigenvalue weighted by Gasteiger charge is 2.37. The summed E-state index contributed by atoms with van der Waals surface area (Å²) in [4.78, 5) is 7.10. The Morgan fingerprint density at radius 1 is 1.17 bits per heavy atom. The molecule has 0 spiro atoms. The van der Waals surface area contributed by atoms with Gasteiger partial charge < -0.3 is 0 Å². The van der Waals surface area contributed by atoms with E-state index in [1.54, 1.807) is 0 Å². The number of hydrogen-bond acceptors (Lipinski definition) is 2. The third kappa shape index (κ3) is 2.74. The minimum absolute atomic E-state index is 0.649. The van der Waals surface area contributed by atoms with Crippen molar-refractivity contribution in [3.63, 3.8) is 0 Å². The van der Waals surface area contributed by atoms with Gasteiger partial charge in [0.2, 0.25) is 0 Å². The first kappa shape index (κ1) is 15.2. The van der Waals surface area contributed by atoms with Crippen LogP contribution in [0.25, 0.3) is 0 Å². The highest BCUT2D eigenvalue weighted by Crippen LogP contribution is 2.41. The van der Waals surface area contributed by atoms with Crippen LogP contribution in [-0.2, 0) is 6.42 Å². The Bertz CT molecular complexity index is 373. The van der Waals surface area contributed by atoms with E-state index in [0.717, 1.165) is 12.5 Å². The van der Waals surface area contributed by atoms with Gasteiger partial charge in [0.05, 0.1) is 0 Å². The predicted octanol–water partition coefficient (Wildman–Crippen LogP) is 4.13. The number of likely N-dealkylation sites (N-methyl/N-ethyl adjacent to an activating group) is 1. The van der Waals surface area contributed by atoms with Crippen LogP contribution >= 0.6 is 0 Å². The minimum Gasteiger partial charge on any atom is -0.296 e. The third-order valence-electron chi connectivity index (χ3n) is 3.77. The van der Waals surface area contributed by atoms with Crippen LogP contribution < -0.4 is 0 Å². The molecular weight excluding hydrogens is 220 g/mol. The summed E-state index contributed by atoms with van der Waals surface area (Å²) in [6, 6.07) is 3.73. The van der Waals surface area contributed by atoms with Crippen LogP contribution in [0.2, 0.25) is 0 Å². The Hall–Kier alpha value is -0.890. The van der Waals surface area contributed by atoms with E-state index < -0.39 is 0 Å². The van der Waals surface area contributed by atoms with Crippen LogP contribution in [0.1, 0.15) is 63.4 Å². The monoisotopic (exact) mass is 248 g/mol. The van der Waals surface area contributed by atoms with Gasteiger partial charge in [0, 0.05) is 30.4 Å². The topological polar surface area (TPSA) is 16.1 Å². The number of nitrogens with zero attached hydrogens (tertiary/aromatic N) is 2. The molecule has 102 valence electrons. The van der Waals surface area contributed by atoms with Gasteiger partial charge in [0.1, 0.15) is 0 Å². The number of hydrogen-bond donors (Lipinski definition) is 0. The van der Waals surface area contributed by atoms with Gasteiger partial charge in [0.15, 0.2) is 0 Å². The summed E-state index contributed by atoms with van der Waals surface area (Å²) in [5.41, 5.74) is 4.13. The second kappa shape index (κ2) is 6.89. The van der Waals surface area contributed by atoms with Crippen molar-refractivity contribution in [1.29, 1.82) is 0 Å². The molecule has 0 N–H and O–H groups in total. The van der Waals surface area contributed by atoms with Crippen LogP contribution in [-0.4, -0.2) is 23.0 Å². The minimum atomic E-state index is 0.649. The molecular formula is C16H28N2. The molecule has 1 fully saturated rings. The van der Waals surface area contributed by atoms with Crippen LogP contribution in [0.15, 0.2) is 12.3 Å². The summed E-state index contributed by atoms with van der Waals surface area (Å²) in [6.45, 7) is 10.1. The first-order valence-corrected chi connectivity index (χ1v) is 7.43. The van der Waals surface area contributed by atoms with Crippen molar-refractivity contribution >= 4 is 0 Å². The van der Waals surface area contributed by atoms with Gasteiger partial charge in [-0.2, -0.15) is 0 Å². The van der Waals surface area contributed by atoms with Gasteiger partial charge in [-0.1, -0.05) is 33.8 Å². The first-order chi connectivity index (χ1) is 8.75. The number of aromatic nitrogens is 1. The normalized spacial score (nSPS) is 24.3. The van der Waals surface area contributed by atoms with Crippen LogP contribution in [0.3, 0.4) is 0 Å². The van der Waals surface area contributed by atoms with Crippen molar-refractivity contribution in [2.75, 3.05) is 7.05 Å². The molecule has 1 saturated heterocycles. The fourth-order valence-corrected chi connectivity index (χ4v) is 2.94. The highest BCUT2D eigenvalue weighted by atomic mass is 15.2. The van der Waals surface area contributed by atoms with E-state index in [0.29, 0.717) is 6.04 Å². The second-order valence-electron chi connectivity index (χ2n) is 4.67. The van der Waals surface area contributed by atoms with Crippen LogP contribution in [0.5, 0.6) is 0 Å². The van der Waals surface area contributed by atoms with Crippen molar-refractivity contribution in [3.8, 4) is 0 Å². The Morgan fingerprint density at radius 2 is 1.83 bits per heavy atom. The van der Waals surface area contributed by atoms with E-state index >= 15 is 0 Å². The van der Waals surface area contributed by atoms with E-state index in [9.17, 15) is 0 Å². The number of rotatable bonds is 0. The van der Waals surface area contributed by atoms with Gasteiger partial charge in [-0.05, 0) is 37.9 Å². The molecule has 3 heterocycles. The van der Waals surface area contributed by atoms with Gasteiger partial charge >= 0.3 is 0 Å². The molecule has 0 saturated carbocycles. The fourth-order valence-electron chi connectivity index (χ4n) is 2.94. The molecule has 1 aromatic rings. The lowest BCUT2D eigenvalue weighted by Gasteiger charge is -2.32. The van der Waals surface area contributed by atoms with Crippen molar-refractivity contribution < 1.29 is 0 Å². The number of fused-ring (bicyclic) bond motifs is 4. The molecule has 0 amide bonds. The first-order valence-electron chi connectivity index (χ1n) is 7.43. The average Bonchev–Trinajstić information content (AvgIpc) is 2.67. The molecule has 2 nitrogen and oxygen atoms in total. The van der Waals surface area contributed by atoms with E-state index in [-0.39, 0.29) is 0 Å². The Kier molecular flexibility index (Phi) is 5.80. The lowest BCUT2D eigenvalue weighted by molar-refractivity contribution is 0.222. The zero-order valence-electron chi connectivity index (χ0n) is 12.8. The summed E-state index contributed by atoms with van der Waals surface area (Å²) >= 11 is 0. The second-order valence-corrected chi connectivity index (χ2v) is 4.67. The summed E-state index contributed by atoms with van der Waals surface area (Å²) in [5.74, 6) is 0. The van der Waals surface area contributed by atoms with Crippen LogP contribution in [0, 0.1) is 6.92 Å². The Balaban J connectivity index is 0.000000371. The summed E-state index contributed by atoms with van der Waals surface area (Å²) < 4.78 is 0. The van der Waals surface area contributed by atoms with E-state index in [1.807, 2.05) is 33.9 Å². The van der Waals surface area contributed by atoms with Gasteiger partial charge in [0.25, 0.3) is 0 Å². The number of aryl methyl sites for hydroxylation is 1. The van der Waals surface area contributed by atoms with Crippen molar-refractivity contribution in [2.45, 2.75) is 66.0 Å². The molecule has 2 heteroatoms. The largest absolute Gasteiger partial charge is 0.296 e. The van der Waals surface area contributed by atoms with E-state index in [2.05, 4.69) is 29.9 Å². The Labute approximate surface area is 112 Å². The smallest absolute Gasteiger partial charge is 0.0467 e. The molecule has 2 unspecified atom stereocenters. The van der Waals surface area contributed by atoms with Crippen LogP contribution in [0.4, 0.5) is 0 Å². The maximum atomic E-state index is 4.57. The molecule has 2 bridgehead atoms. The SMILES string of the molecule is CC.CC.Cc1cnc2c(c1)C1CCC(C2)N1C. The quantitative estimate of drug-likeness (QED) is 0.686. The molecule has 0 aliphatic carbocycles.